The predicted octanol–water partition coefficient (Wildman–Crippen LogP) is 0.410. The molecule has 0 amide bonds. The van der Waals surface area contributed by atoms with Crippen LogP contribution in [-0.2, 0) is 14.4 Å². The summed E-state index contributed by atoms with van der Waals surface area (Å²) in [5.74, 6) is 0. The minimum absolute atomic E-state index is 0.188. The molecule has 0 atom stereocenters. The highest BCUT2D eigenvalue weighted by molar-refractivity contribution is 5.60. The van der Waals surface area contributed by atoms with Crippen LogP contribution >= 0.6 is 0 Å². The average molecular weight is 131 g/mol. The van der Waals surface area contributed by atoms with Gasteiger partial charge in [-0.05, 0) is 6.92 Å². The van der Waals surface area contributed by atoms with Gasteiger partial charge < -0.3 is 4.74 Å². The van der Waals surface area contributed by atoms with Crippen LogP contribution in [0.3, 0.4) is 0 Å². The zero-order valence-electron chi connectivity index (χ0n) is 4.79. The summed E-state index contributed by atoms with van der Waals surface area (Å²) < 4.78 is 4.21. The molecule has 0 N–H and O–H groups in total. The minimum Gasteiger partial charge on any atom is -0.433 e. The lowest BCUT2D eigenvalue weighted by Crippen LogP contribution is -2.02. The second-order valence-electron chi connectivity index (χ2n) is 0.957. The molecule has 0 fully saturated rings. The third-order valence-electron chi connectivity index (χ3n) is 0.420. The molecule has 0 radical (unpaired) electrons. The molecule has 0 aromatic carbocycles. The van der Waals surface area contributed by atoms with Crippen LogP contribution in [0.25, 0.3) is 0 Å². The molecule has 0 aliphatic rings. The predicted molar refractivity (Wildman–Crippen MR) is 26.2 cm³/mol. The van der Waals surface area contributed by atoms with Crippen LogP contribution in [0.15, 0.2) is 5.16 Å². The van der Waals surface area contributed by atoms with Crippen molar-refractivity contribution < 1.29 is 19.2 Å². The Bertz CT molecular complexity index is 138. The van der Waals surface area contributed by atoms with E-state index in [0.717, 1.165) is 6.08 Å². The Labute approximate surface area is 51.2 Å². The molecule has 0 aromatic rings. The van der Waals surface area contributed by atoms with Crippen molar-refractivity contribution in [1.29, 1.82) is 0 Å². The monoisotopic (exact) mass is 131 g/mol. The van der Waals surface area contributed by atoms with E-state index in [1.807, 2.05) is 0 Å². The molecule has 0 rings (SSSR count). The van der Waals surface area contributed by atoms with Gasteiger partial charge >= 0.3 is 6.16 Å². The fourth-order valence-corrected chi connectivity index (χ4v) is 0.200. The molecule has 0 aliphatic heterocycles. The van der Waals surface area contributed by atoms with Gasteiger partial charge in [-0.15, -0.1) is 0 Å². The lowest BCUT2D eigenvalue weighted by Gasteiger charge is -1.92. The lowest BCUT2D eigenvalue weighted by molar-refractivity contribution is 0.0612. The van der Waals surface area contributed by atoms with E-state index in [9.17, 15) is 9.59 Å². The molecule has 0 aliphatic carbocycles. The maximum Gasteiger partial charge on any atom is 0.535 e. The van der Waals surface area contributed by atoms with Gasteiger partial charge in [0, 0.05) is 5.16 Å². The summed E-state index contributed by atoms with van der Waals surface area (Å²) in [7, 11) is 0. The number of rotatable bonds is 2. The van der Waals surface area contributed by atoms with Gasteiger partial charge in [0.15, 0.2) is 0 Å². The maximum atomic E-state index is 10.1. The number of carbonyl (C=O) groups excluding carboxylic acids is 2. The van der Waals surface area contributed by atoms with Crippen molar-refractivity contribution in [2.75, 3.05) is 6.61 Å². The summed E-state index contributed by atoms with van der Waals surface area (Å²) in [6, 6.07) is 0. The highest BCUT2D eigenvalue weighted by Crippen LogP contribution is 1.82. The number of hydrogen-bond acceptors (Lipinski definition) is 5. The normalized spacial score (nSPS) is 7.22. The summed E-state index contributed by atoms with van der Waals surface area (Å²) >= 11 is 0. The van der Waals surface area contributed by atoms with Gasteiger partial charge in [-0.25, -0.2) is 9.59 Å². The number of isocyanates is 1. The van der Waals surface area contributed by atoms with E-state index in [1.165, 1.54) is 0 Å². The van der Waals surface area contributed by atoms with Crippen molar-refractivity contribution in [2.45, 2.75) is 6.92 Å². The van der Waals surface area contributed by atoms with Gasteiger partial charge in [0.25, 0.3) is 6.08 Å². The van der Waals surface area contributed by atoms with Crippen molar-refractivity contribution in [3.8, 4) is 0 Å². The van der Waals surface area contributed by atoms with E-state index in [1.54, 1.807) is 6.92 Å². The van der Waals surface area contributed by atoms with Crippen molar-refractivity contribution >= 4 is 12.2 Å². The molecule has 0 unspecified atom stereocenters. The van der Waals surface area contributed by atoms with Crippen LogP contribution in [0.5, 0.6) is 0 Å². The van der Waals surface area contributed by atoms with Crippen LogP contribution in [-0.4, -0.2) is 18.8 Å². The highest BCUT2D eigenvalue weighted by atomic mass is 16.8. The molecular formula is C4H5NO4. The third-order valence-corrected chi connectivity index (χ3v) is 0.420. The first kappa shape index (κ1) is 7.65. The molecule has 50 valence electrons. The Kier molecular flexibility index (Phi) is 4.08. The molecule has 0 saturated carbocycles. The van der Waals surface area contributed by atoms with Crippen molar-refractivity contribution in [1.82, 2.24) is 0 Å². The second-order valence-corrected chi connectivity index (χ2v) is 0.957. The molecule has 5 nitrogen and oxygen atoms in total. The van der Waals surface area contributed by atoms with Crippen molar-refractivity contribution in [3.63, 3.8) is 0 Å². The van der Waals surface area contributed by atoms with E-state index in [4.69, 9.17) is 0 Å². The average Bonchev–Trinajstić information content (AvgIpc) is 1.85. The Balaban J connectivity index is 3.38. The number of ether oxygens (including phenoxy) is 1. The van der Waals surface area contributed by atoms with Crippen LogP contribution in [0.4, 0.5) is 4.79 Å². The lowest BCUT2D eigenvalue weighted by atomic mass is 10.9. The number of nitrogens with zero attached hydrogens (tertiary/aromatic N) is 1. The molecule has 0 saturated heterocycles. The largest absolute Gasteiger partial charge is 0.535 e. The minimum atomic E-state index is -0.999. The maximum absolute atomic E-state index is 10.1. The van der Waals surface area contributed by atoms with Gasteiger partial charge in [0.1, 0.15) is 0 Å². The van der Waals surface area contributed by atoms with Gasteiger partial charge in [-0.3, -0.25) is 4.84 Å². The van der Waals surface area contributed by atoms with Gasteiger partial charge in [0.05, 0.1) is 6.61 Å². The van der Waals surface area contributed by atoms with E-state index < -0.39 is 6.16 Å². The molecule has 0 bridgehead atoms. The second kappa shape index (κ2) is 4.80. The summed E-state index contributed by atoms with van der Waals surface area (Å²) in [4.78, 5) is 23.1. The summed E-state index contributed by atoms with van der Waals surface area (Å²) in [6.07, 6.45) is 0.00974. The third kappa shape index (κ3) is 4.50. The first-order chi connectivity index (χ1) is 4.31. The van der Waals surface area contributed by atoms with Crippen LogP contribution in [0.1, 0.15) is 6.92 Å². The summed E-state index contributed by atoms with van der Waals surface area (Å²) in [5, 5.41) is 2.51. The van der Waals surface area contributed by atoms with Gasteiger partial charge in [-0.2, -0.15) is 0 Å². The molecule has 9 heavy (non-hydrogen) atoms. The summed E-state index contributed by atoms with van der Waals surface area (Å²) in [5.41, 5.74) is 0. The zero-order valence-corrected chi connectivity index (χ0v) is 4.79. The topological polar surface area (TPSA) is 65.0 Å². The Hall–Kier alpha value is -1.35. The highest BCUT2D eigenvalue weighted by Gasteiger charge is 1.98. The van der Waals surface area contributed by atoms with Gasteiger partial charge in [0.2, 0.25) is 0 Å². The first-order valence-corrected chi connectivity index (χ1v) is 2.22. The van der Waals surface area contributed by atoms with Crippen molar-refractivity contribution in [2.24, 2.45) is 5.16 Å². The number of hydrogen-bond donors (Lipinski definition) is 0. The fourth-order valence-electron chi connectivity index (χ4n) is 0.200. The van der Waals surface area contributed by atoms with E-state index >= 15 is 0 Å². The van der Waals surface area contributed by atoms with Crippen molar-refractivity contribution in [3.05, 3.63) is 0 Å². The molecular weight excluding hydrogens is 126 g/mol. The fraction of sp³-hybridized carbons (Fsp3) is 0.500. The Morgan fingerprint density at radius 2 is 2.44 bits per heavy atom. The quantitative estimate of drug-likeness (QED) is 0.179. The first-order valence-electron chi connectivity index (χ1n) is 2.22. The molecule has 5 heteroatoms. The smallest absolute Gasteiger partial charge is 0.433 e. The van der Waals surface area contributed by atoms with Gasteiger partial charge in [-0.1, -0.05) is 0 Å². The molecule has 0 spiro atoms. The standard InChI is InChI=1S/C4H5NO4/c1-2-8-4(7)9-5-3-6/h2H2,1H3. The van der Waals surface area contributed by atoms with E-state index in [-0.39, 0.29) is 6.61 Å². The zero-order chi connectivity index (χ0) is 7.11. The number of carbonyl (C=O) groups is 1. The van der Waals surface area contributed by atoms with E-state index in [0.29, 0.717) is 0 Å². The molecule has 0 heterocycles. The molecule has 0 aromatic heterocycles. The Morgan fingerprint density at radius 3 is 2.89 bits per heavy atom. The summed E-state index contributed by atoms with van der Waals surface area (Å²) in [6.45, 7) is 1.79. The van der Waals surface area contributed by atoms with Crippen LogP contribution in [0, 0.1) is 0 Å². The van der Waals surface area contributed by atoms with E-state index in [2.05, 4.69) is 14.7 Å². The SMILES string of the molecule is CCOC(=O)ON=C=O. The van der Waals surface area contributed by atoms with Crippen LogP contribution in [0.2, 0.25) is 0 Å². The van der Waals surface area contributed by atoms with Crippen LogP contribution < -0.4 is 0 Å². The Morgan fingerprint density at radius 1 is 1.78 bits per heavy atom.